The largest absolute Gasteiger partial charge is 0.356 e. The molecule has 2 N–H and O–H groups in total. The molecule has 7 heteroatoms. The fourth-order valence-corrected chi connectivity index (χ4v) is 4.14. The number of H-pyrrole nitrogens is 1. The van der Waals surface area contributed by atoms with Gasteiger partial charge >= 0.3 is 5.69 Å². The Kier molecular flexibility index (Phi) is 4.78. The molecule has 5 rings (SSSR count). The number of hydrogen-bond donors (Lipinski definition) is 2. The zero-order valence-corrected chi connectivity index (χ0v) is 17.3. The van der Waals surface area contributed by atoms with Gasteiger partial charge in [-0.2, -0.15) is 0 Å². The van der Waals surface area contributed by atoms with Crippen LogP contribution in [0.25, 0.3) is 16.6 Å². The van der Waals surface area contributed by atoms with Crippen LogP contribution in [-0.2, 0) is 0 Å². The van der Waals surface area contributed by atoms with Crippen molar-refractivity contribution in [3.63, 3.8) is 0 Å². The SMILES string of the molecule is Cc1c[nH]c(=O)n1-c1cccc(NC(=O)c2cc3ccccc3nc2N2CCCC2)c1. The number of fused-ring (bicyclic) bond motifs is 1. The molecular formula is C24H23N5O2. The first-order valence-electron chi connectivity index (χ1n) is 10.4. The standard InChI is InChI=1S/C24H23N5O2/c1-16-15-25-24(31)29(16)19-9-6-8-18(14-19)26-23(30)20-13-17-7-2-3-10-21(17)27-22(20)28-11-4-5-12-28/h2-3,6-10,13-15H,4-5,11-12H2,1H3,(H,25,31)(H,26,30). The van der Waals surface area contributed by atoms with E-state index in [0.717, 1.165) is 48.3 Å². The van der Waals surface area contributed by atoms with Crippen LogP contribution in [0.2, 0.25) is 0 Å². The first kappa shape index (κ1) is 19.1. The van der Waals surface area contributed by atoms with E-state index in [-0.39, 0.29) is 11.6 Å². The minimum absolute atomic E-state index is 0.212. The summed E-state index contributed by atoms with van der Waals surface area (Å²) >= 11 is 0. The molecular weight excluding hydrogens is 390 g/mol. The normalized spacial score (nSPS) is 13.6. The number of aromatic nitrogens is 3. The molecule has 31 heavy (non-hydrogen) atoms. The van der Waals surface area contributed by atoms with Crippen molar-refractivity contribution < 1.29 is 4.79 Å². The molecule has 2 aromatic carbocycles. The van der Waals surface area contributed by atoms with E-state index in [1.165, 1.54) is 0 Å². The number of pyridine rings is 1. The Morgan fingerprint density at radius 3 is 2.65 bits per heavy atom. The summed E-state index contributed by atoms with van der Waals surface area (Å²) in [6.45, 7) is 3.65. The molecule has 0 saturated carbocycles. The molecule has 0 atom stereocenters. The van der Waals surface area contributed by atoms with Gasteiger partial charge in [0.05, 0.1) is 16.8 Å². The lowest BCUT2D eigenvalue weighted by molar-refractivity contribution is 0.102. The predicted octanol–water partition coefficient (Wildman–Crippen LogP) is 3.87. The number of imidazole rings is 1. The number of hydrogen-bond acceptors (Lipinski definition) is 4. The Morgan fingerprint density at radius 1 is 1.06 bits per heavy atom. The molecule has 1 amide bonds. The van der Waals surface area contributed by atoms with Crippen LogP contribution in [0.3, 0.4) is 0 Å². The van der Waals surface area contributed by atoms with Crippen molar-refractivity contribution in [1.29, 1.82) is 0 Å². The van der Waals surface area contributed by atoms with Gasteiger partial charge in [-0.25, -0.2) is 9.78 Å². The van der Waals surface area contributed by atoms with Crippen molar-refractivity contribution in [2.75, 3.05) is 23.3 Å². The summed E-state index contributed by atoms with van der Waals surface area (Å²) in [6.07, 6.45) is 3.86. The van der Waals surface area contributed by atoms with Crippen LogP contribution in [-0.4, -0.2) is 33.5 Å². The summed E-state index contributed by atoms with van der Waals surface area (Å²) in [7, 11) is 0. The summed E-state index contributed by atoms with van der Waals surface area (Å²) in [5.41, 5.74) is 3.33. The van der Waals surface area contributed by atoms with E-state index in [1.807, 2.05) is 55.5 Å². The summed E-state index contributed by atoms with van der Waals surface area (Å²) in [5.74, 6) is 0.512. The van der Waals surface area contributed by atoms with E-state index in [9.17, 15) is 9.59 Å². The average Bonchev–Trinajstić information content (AvgIpc) is 3.43. The predicted molar refractivity (Wildman–Crippen MR) is 122 cm³/mol. The molecule has 2 aromatic heterocycles. The van der Waals surface area contributed by atoms with Gasteiger partial charge in [-0.3, -0.25) is 9.36 Å². The highest BCUT2D eigenvalue weighted by Crippen LogP contribution is 2.27. The van der Waals surface area contributed by atoms with Crippen molar-refractivity contribution in [1.82, 2.24) is 14.5 Å². The lowest BCUT2D eigenvalue weighted by Gasteiger charge is -2.20. The van der Waals surface area contributed by atoms with Gasteiger partial charge in [0, 0.05) is 36.1 Å². The number of para-hydroxylation sites is 1. The number of rotatable bonds is 4. The van der Waals surface area contributed by atoms with Crippen LogP contribution in [0.4, 0.5) is 11.5 Å². The second-order valence-electron chi connectivity index (χ2n) is 7.82. The van der Waals surface area contributed by atoms with Gasteiger partial charge in [0.25, 0.3) is 5.91 Å². The van der Waals surface area contributed by atoms with E-state index in [2.05, 4.69) is 15.2 Å². The van der Waals surface area contributed by atoms with Crippen molar-refractivity contribution in [2.24, 2.45) is 0 Å². The monoisotopic (exact) mass is 413 g/mol. The van der Waals surface area contributed by atoms with Gasteiger partial charge in [-0.05, 0) is 50.1 Å². The van der Waals surface area contributed by atoms with E-state index in [0.29, 0.717) is 16.9 Å². The summed E-state index contributed by atoms with van der Waals surface area (Å²) in [6, 6.07) is 17.0. The number of benzene rings is 2. The fourth-order valence-electron chi connectivity index (χ4n) is 4.14. The second-order valence-corrected chi connectivity index (χ2v) is 7.82. The molecule has 1 fully saturated rings. The molecule has 4 aromatic rings. The van der Waals surface area contributed by atoms with Gasteiger partial charge in [0.1, 0.15) is 5.82 Å². The van der Waals surface area contributed by atoms with E-state index in [1.54, 1.807) is 16.8 Å². The lowest BCUT2D eigenvalue weighted by atomic mass is 10.1. The zero-order chi connectivity index (χ0) is 21.4. The Labute approximate surface area is 179 Å². The molecule has 0 aliphatic carbocycles. The topological polar surface area (TPSA) is 83.0 Å². The van der Waals surface area contributed by atoms with E-state index >= 15 is 0 Å². The smallest absolute Gasteiger partial charge is 0.330 e. The molecule has 1 saturated heterocycles. The van der Waals surface area contributed by atoms with Gasteiger partial charge in [0.15, 0.2) is 0 Å². The van der Waals surface area contributed by atoms with Gasteiger partial charge in [-0.1, -0.05) is 24.3 Å². The maximum Gasteiger partial charge on any atom is 0.330 e. The first-order valence-corrected chi connectivity index (χ1v) is 10.4. The third-order valence-electron chi connectivity index (χ3n) is 5.68. The molecule has 0 radical (unpaired) electrons. The summed E-state index contributed by atoms with van der Waals surface area (Å²) in [5, 5.41) is 3.93. The molecule has 3 heterocycles. The Balaban J connectivity index is 1.51. The number of nitrogens with one attached hydrogen (secondary N) is 2. The molecule has 0 bridgehead atoms. The highest BCUT2D eigenvalue weighted by molar-refractivity contribution is 6.09. The van der Waals surface area contributed by atoms with E-state index in [4.69, 9.17) is 4.98 Å². The van der Waals surface area contributed by atoms with E-state index < -0.39 is 0 Å². The molecule has 156 valence electrons. The molecule has 1 aliphatic rings. The zero-order valence-electron chi connectivity index (χ0n) is 17.3. The van der Waals surface area contributed by atoms with Crippen molar-refractivity contribution in [3.8, 4) is 5.69 Å². The highest BCUT2D eigenvalue weighted by Gasteiger charge is 2.22. The number of aryl methyl sites for hydroxylation is 1. The number of amides is 1. The highest BCUT2D eigenvalue weighted by atomic mass is 16.2. The van der Waals surface area contributed by atoms with Gasteiger partial charge in [-0.15, -0.1) is 0 Å². The number of carbonyl (C=O) groups excluding carboxylic acids is 1. The Morgan fingerprint density at radius 2 is 1.87 bits per heavy atom. The van der Waals surface area contributed by atoms with Crippen LogP contribution in [0.1, 0.15) is 28.9 Å². The second kappa shape index (κ2) is 7.75. The van der Waals surface area contributed by atoms with Crippen molar-refractivity contribution >= 4 is 28.3 Å². The third kappa shape index (κ3) is 3.59. The maximum atomic E-state index is 13.3. The third-order valence-corrected chi connectivity index (χ3v) is 5.68. The van der Waals surface area contributed by atoms with Gasteiger partial charge in [0.2, 0.25) is 0 Å². The van der Waals surface area contributed by atoms with Crippen LogP contribution < -0.4 is 15.9 Å². The first-order chi connectivity index (χ1) is 15.1. The number of aromatic amines is 1. The van der Waals surface area contributed by atoms with Crippen LogP contribution in [0, 0.1) is 6.92 Å². The Hall–Kier alpha value is -3.87. The fraction of sp³-hybridized carbons (Fsp3) is 0.208. The van der Waals surface area contributed by atoms with Crippen LogP contribution >= 0.6 is 0 Å². The summed E-state index contributed by atoms with van der Waals surface area (Å²) in [4.78, 5) is 35.1. The maximum absolute atomic E-state index is 13.3. The number of nitrogens with zero attached hydrogens (tertiary/aromatic N) is 3. The Bertz CT molecular complexity index is 1330. The summed E-state index contributed by atoms with van der Waals surface area (Å²) < 4.78 is 1.57. The van der Waals surface area contributed by atoms with Gasteiger partial charge < -0.3 is 15.2 Å². The van der Waals surface area contributed by atoms with Crippen LogP contribution in [0.5, 0.6) is 0 Å². The van der Waals surface area contributed by atoms with Crippen LogP contribution in [0.15, 0.2) is 65.6 Å². The minimum Gasteiger partial charge on any atom is -0.356 e. The average molecular weight is 413 g/mol. The molecule has 0 unspecified atom stereocenters. The minimum atomic E-state index is -0.213. The number of carbonyl (C=O) groups is 1. The molecule has 1 aliphatic heterocycles. The lowest BCUT2D eigenvalue weighted by Crippen LogP contribution is -2.24. The number of anilines is 2. The van der Waals surface area contributed by atoms with Crippen molar-refractivity contribution in [2.45, 2.75) is 19.8 Å². The molecule has 7 nitrogen and oxygen atoms in total. The molecule has 0 spiro atoms. The quantitative estimate of drug-likeness (QED) is 0.532. The van der Waals surface area contributed by atoms with Crippen molar-refractivity contribution in [3.05, 3.63) is 82.5 Å².